The number of pyridine rings is 3. The number of hydrogen-bond donors (Lipinski definition) is 3. The number of carbonyl (C=O) groups excluding carboxylic acids is 2. The second-order valence-electron chi connectivity index (χ2n) is 9.80. The Morgan fingerprint density at radius 3 is 2.69 bits per heavy atom. The molecule has 0 atom stereocenters. The third-order valence-corrected chi connectivity index (χ3v) is 7.50. The van der Waals surface area contributed by atoms with Gasteiger partial charge in [-0.2, -0.15) is 5.10 Å². The monoisotopic (exact) mass is 535 g/mol. The summed E-state index contributed by atoms with van der Waals surface area (Å²) in [7, 11) is 0. The number of rotatable bonds is 7. The van der Waals surface area contributed by atoms with Gasteiger partial charge in [0.1, 0.15) is 11.2 Å². The van der Waals surface area contributed by atoms with Crippen LogP contribution in [0.25, 0.3) is 55.2 Å². The van der Waals surface area contributed by atoms with Crippen LogP contribution in [0.15, 0.2) is 61.1 Å². The Hall–Kier alpha value is -4.70. The molecule has 194 valence electrons. The molecule has 6 heterocycles. The molecule has 0 saturated carbocycles. The van der Waals surface area contributed by atoms with Crippen LogP contribution in [0.4, 0.5) is 5.69 Å². The van der Waals surface area contributed by atoms with E-state index in [1.54, 1.807) is 25.5 Å². The third-order valence-electron chi connectivity index (χ3n) is 6.31. The number of ketones is 1. The molecule has 0 saturated heterocycles. The molecule has 0 radical (unpaired) electrons. The molecule has 6 aromatic heterocycles. The fourth-order valence-electron chi connectivity index (χ4n) is 4.51. The number of aromatic amines is 2. The lowest BCUT2D eigenvalue weighted by molar-refractivity contribution is -0.116. The van der Waals surface area contributed by atoms with Gasteiger partial charge in [-0.3, -0.25) is 24.7 Å². The van der Waals surface area contributed by atoms with E-state index in [1.165, 1.54) is 11.3 Å². The lowest BCUT2D eigenvalue weighted by Crippen LogP contribution is -2.13. The minimum absolute atomic E-state index is 0.0386. The smallest absolute Gasteiger partial charge is 0.224 e. The molecule has 0 spiro atoms. The molecule has 0 aliphatic rings. The van der Waals surface area contributed by atoms with Crippen LogP contribution in [0, 0.1) is 5.92 Å². The Morgan fingerprint density at radius 2 is 1.90 bits per heavy atom. The van der Waals surface area contributed by atoms with E-state index in [4.69, 9.17) is 4.98 Å². The summed E-state index contributed by atoms with van der Waals surface area (Å²) in [4.78, 5) is 43.0. The van der Waals surface area contributed by atoms with E-state index < -0.39 is 0 Å². The van der Waals surface area contributed by atoms with Gasteiger partial charge in [0, 0.05) is 35.3 Å². The van der Waals surface area contributed by atoms with Crippen LogP contribution >= 0.6 is 11.3 Å². The van der Waals surface area contributed by atoms with Crippen molar-refractivity contribution < 1.29 is 9.59 Å². The minimum Gasteiger partial charge on any atom is -0.353 e. The second kappa shape index (κ2) is 9.88. The number of nitrogens with one attached hydrogen (secondary N) is 3. The predicted octanol–water partition coefficient (Wildman–Crippen LogP) is 6.48. The highest BCUT2D eigenvalue weighted by atomic mass is 32.1. The van der Waals surface area contributed by atoms with Crippen molar-refractivity contribution in [3.05, 3.63) is 65.9 Å². The number of thiophene rings is 1. The van der Waals surface area contributed by atoms with E-state index in [9.17, 15) is 9.59 Å². The van der Waals surface area contributed by atoms with Gasteiger partial charge in [-0.1, -0.05) is 13.8 Å². The van der Waals surface area contributed by atoms with Gasteiger partial charge >= 0.3 is 0 Å². The van der Waals surface area contributed by atoms with E-state index in [0.29, 0.717) is 33.9 Å². The number of nitrogens with zero attached hydrogens (tertiary/aromatic N) is 4. The summed E-state index contributed by atoms with van der Waals surface area (Å²) in [5.41, 5.74) is 6.83. The summed E-state index contributed by atoms with van der Waals surface area (Å²) in [6, 6.07) is 13.4. The van der Waals surface area contributed by atoms with Crippen LogP contribution in [0.3, 0.4) is 0 Å². The van der Waals surface area contributed by atoms with Crippen molar-refractivity contribution in [2.75, 3.05) is 5.32 Å². The standard InChI is InChI=1S/C29H25N7O2S/c1-15(2)10-26(38)32-18-11-17(13-30-14-18)20-4-5-22-28(34-20)29(36-35-22)23-12-19-21(33-23)8-9-31-27(19)25-7-6-24(39-25)16(3)37/h4-9,11-15,33H,10H2,1-3H3,(H,32,38)(H,35,36). The van der Waals surface area contributed by atoms with Crippen LogP contribution in [0.1, 0.15) is 36.9 Å². The molecule has 0 aliphatic carbocycles. The summed E-state index contributed by atoms with van der Waals surface area (Å²) in [5, 5.41) is 11.5. The molecule has 0 aromatic carbocycles. The quantitative estimate of drug-likeness (QED) is 0.201. The van der Waals surface area contributed by atoms with Gasteiger partial charge in [0.2, 0.25) is 5.91 Å². The molecular formula is C29H25N7O2S. The first-order valence-corrected chi connectivity index (χ1v) is 13.4. The van der Waals surface area contributed by atoms with Crippen molar-refractivity contribution in [1.82, 2.24) is 30.1 Å². The average molecular weight is 536 g/mol. The topological polar surface area (TPSA) is 129 Å². The van der Waals surface area contributed by atoms with Gasteiger partial charge in [-0.05, 0) is 55.3 Å². The fraction of sp³-hybridized carbons (Fsp3) is 0.172. The van der Waals surface area contributed by atoms with Crippen LogP contribution in [0.5, 0.6) is 0 Å². The maximum absolute atomic E-state index is 12.2. The molecule has 9 nitrogen and oxygen atoms in total. The normalized spacial score (nSPS) is 11.5. The van der Waals surface area contributed by atoms with Gasteiger partial charge < -0.3 is 10.3 Å². The van der Waals surface area contributed by atoms with E-state index in [2.05, 4.69) is 30.5 Å². The minimum atomic E-state index is -0.0442. The molecule has 0 aliphatic heterocycles. The fourth-order valence-corrected chi connectivity index (χ4v) is 5.42. The Labute approximate surface area is 227 Å². The number of amides is 1. The summed E-state index contributed by atoms with van der Waals surface area (Å²) in [5.74, 6) is 0.262. The molecule has 39 heavy (non-hydrogen) atoms. The van der Waals surface area contributed by atoms with Crippen molar-refractivity contribution in [2.24, 2.45) is 5.92 Å². The van der Waals surface area contributed by atoms with Crippen LogP contribution in [-0.2, 0) is 4.79 Å². The summed E-state index contributed by atoms with van der Waals surface area (Å²) in [6.45, 7) is 5.58. The van der Waals surface area contributed by atoms with E-state index in [0.717, 1.165) is 38.2 Å². The number of fused-ring (bicyclic) bond motifs is 2. The van der Waals surface area contributed by atoms with Crippen molar-refractivity contribution in [2.45, 2.75) is 27.2 Å². The molecule has 1 amide bonds. The molecule has 6 rings (SSSR count). The van der Waals surface area contributed by atoms with Crippen molar-refractivity contribution in [1.29, 1.82) is 0 Å². The Kier molecular flexibility index (Phi) is 6.24. The number of carbonyl (C=O) groups is 2. The molecule has 0 unspecified atom stereocenters. The summed E-state index contributed by atoms with van der Waals surface area (Å²) >= 11 is 1.43. The number of anilines is 1. The highest BCUT2D eigenvalue weighted by Gasteiger charge is 2.17. The van der Waals surface area contributed by atoms with Gasteiger partial charge in [-0.15, -0.1) is 11.3 Å². The molecule has 0 fully saturated rings. The molecule has 10 heteroatoms. The van der Waals surface area contributed by atoms with E-state index >= 15 is 0 Å². The molecular weight excluding hydrogens is 510 g/mol. The van der Waals surface area contributed by atoms with Crippen LogP contribution in [0.2, 0.25) is 0 Å². The molecule has 6 aromatic rings. The Balaban J connectivity index is 1.37. The van der Waals surface area contributed by atoms with Crippen molar-refractivity contribution >= 4 is 50.7 Å². The third kappa shape index (κ3) is 4.82. The van der Waals surface area contributed by atoms with E-state index in [1.807, 2.05) is 56.3 Å². The number of H-pyrrole nitrogens is 2. The first-order chi connectivity index (χ1) is 18.9. The van der Waals surface area contributed by atoms with Crippen LogP contribution < -0.4 is 5.32 Å². The first-order valence-electron chi connectivity index (χ1n) is 12.6. The van der Waals surface area contributed by atoms with Gasteiger partial charge in [0.05, 0.1) is 44.2 Å². The maximum atomic E-state index is 12.2. The lowest BCUT2D eigenvalue weighted by atomic mass is 10.1. The highest BCUT2D eigenvalue weighted by Crippen LogP contribution is 2.35. The van der Waals surface area contributed by atoms with Crippen molar-refractivity contribution in [3.63, 3.8) is 0 Å². The zero-order chi connectivity index (χ0) is 27.1. The lowest BCUT2D eigenvalue weighted by Gasteiger charge is -2.08. The number of aromatic nitrogens is 6. The highest BCUT2D eigenvalue weighted by molar-refractivity contribution is 7.17. The van der Waals surface area contributed by atoms with Crippen molar-refractivity contribution in [3.8, 4) is 33.2 Å². The van der Waals surface area contributed by atoms with Gasteiger partial charge in [0.25, 0.3) is 0 Å². The molecule has 3 N–H and O–H groups in total. The van der Waals surface area contributed by atoms with Gasteiger partial charge in [-0.25, -0.2) is 4.98 Å². The predicted molar refractivity (Wildman–Crippen MR) is 154 cm³/mol. The van der Waals surface area contributed by atoms with Gasteiger partial charge in [0.15, 0.2) is 5.78 Å². The summed E-state index contributed by atoms with van der Waals surface area (Å²) < 4.78 is 0. The maximum Gasteiger partial charge on any atom is 0.224 e. The molecule has 0 bridgehead atoms. The average Bonchev–Trinajstić information content (AvgIpc) is 3.65. The number of Topliss-reactive ketones (excluding diaryl/α,β-unsaturated/α-hetero) is 1. The SMILES string of the molecule is CC(=O)c1ccc(-c2nccc3[nH]c(-c4n[nH]c5ccc(-c6cncc(NC(=O)CC(C)C)c6)nc45)cc23)s1. The summed E-state index contributed by atoms with van der Waals surface area (Å²) in [6.07, 6.45) is 5.55. The van der Waals surface area contributed by atoms with Crippen LogP contribution in [-0.4, -0.2) is 41.8 Å². The zero-order valence-electron chi connectivity index (χ0n) is 21.6. The number of hydrogen-bond acceptors (Lipinski definition) is 7. The second-order valence-corrected chi connectivity index (χ2v) is 10.9. The Bertz CT molecular complexity index is 1860. The zero-order valence-corrected chi connectivity index (χ0v) is 22.4. The van der Waals surface area contributed by atoms with E-state index in [-0.39, 0.29) is 17.6 Å². The Morgan fingerprint density at radius 1 is 1.03 bits per heavy atom. The largest absolute Gasteiger partial charge is 0.353 e. The first kappa shape index (κ1) is 24.6.